The second-order valence-electron chi connectivity index (χ2n) is 1.74. The number of pyridine rings is 1. The van der Waals surface area contributed by atoms with E-state index in [4.69, 9.17) is 23.2 Å². The van der Waals surface area contributed by atoms with Gasteiger partial charge in [-0.3, -0.25) is 9.78 Å². The lowest BCUT2D eigenvalue weighted by Crippen LogP contribution is -1.95. The first-order chi connectivity index (χ1) is 5.25. The van der Waals surface area contributed by atoms with E-state index in [-0.39, 0.29) is 0 Å². The van der Waals surface area contributed by atoms with E-state index in [1.165, 1.54) is 12.4 Å². The van der Waals surface area contributed by atoms with Gasteiger partial charge < -0.3 is 5.32 Å². The molecule has 0 unspecified atom stereocenters. The van der Waals surface area contributed by atoms with Gasteiger partial charge in [0.15, 0.2) is 0 Å². The molecule has 1 amide bonds. The first-order valence-corrected chi connectivity index (χ1v) is 3.50. The van der Waals surface area contributed by atoms with E-state index in [1.54, 1.807) is 0 Å². The highest BCUT2D eigenvalue weighted by Gasteiger charge is 2.03. The van der Waals surface area contributed by atoms with Crippen LogP contribution in [0.1, 0.15) is 0 Å². The van der Waals surface area contributed by atoms with Crippen LogP contribution in [0.15, 0.2) is 12.4 Å². The summed E-state index contributed by atoms with van der Waals surface area (Å²) in [5.74, 6) is 0. The van der Waals surface area contributed by atoms with E-state index >= 15 is 0 Å². The van der Waals surface area contributed by atoms with Crippen LogP contribution in [-0.4, -0.2) is 11.4 Å². The maximum absolute atomic E-state index is 10.0. The number of nitrogens with one attached hydrogen (secondary N) is 1. The third kappa shape index (κ3) is 1.82. The van der Waals surface area contributed by atoms with Crippen molar-refractivity contribution in [1.29, 1.82) is 0 Å². The molecule has 58 valence electrons. The SMILES string of the molecule is O=CNc1c(Cl)cncc1Cl. The molecule has 1 heterocycles. The van der Waals surface area contributed by atoms with E-state index in [0.29, 0.717) is 22.1 Å². The minimum atomic E-state index is 0.324. The van der Waals surface area contributed by atoms with Crippen molar-refractivity contribution in [3.8, 4) is 0 Å². The van der Waals surface area contributed by atoms with Crippen molar-refractivity contribution in [2.45, 2.75) is 0 Å². The molecule has 0 aliphatic carbocycles. The number of hydrogen-bond acceptors (Lipinski definition) is 2. The summed E-state index contributed by atoms with van der Waals surface area (Å²) >= 11 is 11.3. The van der Waals surface area contributed by atoms with Gasteiger partial charge in [-0.15, -0.1) is 0 Å². The zero-order valence-corrected chi connectivity index (χ0v) is 6.86. The standard InChI is InChI=1S/C6H4Cl2N2O/c7-4-1-9-2-5(8)6(4)10-3-11/h1-3H,(H,9,10,11). The van der Waals surface area contributed by atoms with Crippen LogP contribution < -0.4 is 5.32 Å². The smallest absolute Gasteiger partial charge is 0.211 e. The highest BCUT2D eigenvalue weighted by molar-refractivity contribution is 6.39. The number of amides is 1. The van der Waals surface area contributed by atoms with Crippen molar-refractivity contribution in [2.24, 2.45) is 0 Å². The Morgan fingerprint density at radius 2 is 1.91 bits per heavy atom. The summed E-state index contributed by atoms with van der Waals surface area (Å²) in [6, 6.07) is 0. The van der Waals surface area contributed by atoms with Crippen LogP contribution in [0, 0.1) is 0 Å². The van der Waals surface area contributed by atoms with Gasteiger partial charge in [-0.2, -0.15) is 0 Å². The molecule has 1 N–H and O–H groups in total. The van der Waals surface area contributed by atoms with Crippen LogP contribution >= 0.6 is 23.2 Å². The highest BCUT2D eigenvalue weighted by Crippen LogP contribution is 2.27. The molecule has 1 aromatic rings. The summed E-state index contributed by atoms with van der Waals surface area (Å²) < 4.78 is 0. The summed E-state index contributed by atoms with van der Waals surface area (Å²) in [5.41, 5.74) is 0.387. The fourth-order valence-electron chi connectivity index (χ4n) is 0.608. The lowest BCUT2D eigenvalue weighted by Gasteiger charge is -2.01. The molecule has 0 aliphatic heterocycles. The van der Waals surface area contributed by atoms with Crippen molar-refractivity contribution in [2.75, 3.05) is 5.32 Å². The zero-order valence-electron chi connectivity index (χ0n) is 5.34. The Morgan fingerprint density at radius 1 is 1.36 bits per heavy atom. The van der Waals surface area contributed by atoms with Crippen molar-refractivity contribution in [3.63, 3.8) is 0 Å². The van der Waals surface area contributed by atoms with E-state index in [1.807, 2.05) is 0 Å². The van der Waals surface area contributed by atoms with Gasteiger partial charge in [0.2, 0.25) is 6.41 Å². The predicted molar refractivity (Wildman–Crippen MR) is 43.9 cm³/mol. The second-order valence-corrected chi connectivity index (χ2v) is 2.55. The zero-order chi connectivity index (χ0) is 8.27. The molecule has 0 atom stereocenters. The number of anilines is 1. The molecule has 0 aromatic carbocycles. The largest absolute Gasteiger partial charge is 0.326 e. The molecule has 0 spiro atoms. The van der Waals surface area contributed by atoms with Gasteiger partial charge >= 0.3 is 0 Å². The number of halogens is 2. The van der Waals surface area contributed by atoms with Crippen molar-refractivity contribution in [1.82, 2.24) is 4.98 Å². The highest BCUT2D eigenvalue weighted by atomic mass is 35.5. The van der Waals surface area contributed by atoms with Crippen LogP contribution in [0.5, 0.6) is 0 Å². The molecular weight excluding hydrogens is 187 g/mol. The number of carbonyl (C=O) groups excluding carboxylic acids is 1. The number of hydrogen-bond donors (Lipinski definition) is 1. The first-order valence-electron chi connectivity index (χ1n) is 2.75. The number of aromatic nitrogens is 1. The summed E-state index contributed by atoms with van der Waals surface area (Å²) in [6.45, 7) is 0. The van der Waals surface area contributed by atoms with Crippen molar-refractivity contribution < 1.29 is 4.79 Å². The molecule has 0 saturated carbocycles. The van der Waals surface area contributed by atoms with Crippen LogP contribution in [-0.2, 0) is 4.79 Å². The minimum Gasteiger partial charge on any atom is -0.326 e. The number of nitrogens with zero attached hydrogens (tertiary/aromatic N) is 1. The topological polar surface area (TPSA) is 42.0 Å². The Bertz CT molecular complexity index is 257. The van der Waals surface area contributed by atoms with Crippen LogP contribution in [0.4, 0.5) is 5.69 Å². The molecule has 1 aromatic heterocycles. The van der Waals surface area contributed by atoms with Gasteiger partial charge in [-0.25, -0.2) is 0 Å². The summed E-state index contributed by atoms with van der Waals surface area (Å²) in [4.78, 5) is 13.7. The first kappa shape index (κ1) is 8.30. The lowest BCUT2D eigenvalue weighted by atomic mass is 10.4. The lowest BCUT2D eigenvalue weighted by molar-refractivity contribution is -0.105. The maximum Gasteiger partial charge on any atom is 0.211 e. The molecule has 1 rings (SSSR count). The molecular formula is C6H4Cl2N2O. The van der Waals surface area contributed by atoms with Gasteiger partial charge in [-0.1, -0.05) is 23.2 Å². The van der Waals surface area contributed by atoms with Crippen molar-refractivity contribution in [3.05, 3.63) is 22.4 Å². The molecule has 5 heteroatoms. The third-order valence-corrected chi connectivity index (χ3v) is 1.63. The Labute approximate surface area is 73.3 Å². The van der Waals surface area contributed by atoms with E-state index in [2.05, 4.69) is 10.3 Å². The average molecular weight is 191 g/mol. The van der Waals surface area contributed by atoms with Gasteiger partial charge in [0.1, 0.15) is 0 Å². The van der Waals surface area contributed by atoms with E-state index in [0.717, 1.165) is 0 Å². The van der Waals surface area contributed by atoms with Crippen molar-refractivity contribution >= 4 is 35.3 Å². The second kappa shape index (κ2) is 3.55. The van der Waals surface area contributed by atoms with Gasteiger partial charge in [-0.05, 0) is 0 Å². The fourth-order valence-corrected chi connectivity index (χ4v) is 1.08. The van der Waals surface area contributed by atoms with Crippen LogP contribution in [0.2, 0.25) is 10.0 Å². The van der Waals surface area contributed by atoms with Gasteiger partial charge in [0.25, 0.3) is 0 Å². The summed E-state index contributed by atoms with van der Waals surface area (Å²) in [7, 11) is 0. The normalized spacial score (nSPS) is 9.27. The third-order valence-electron chi connectivity index (χ3n) is 1.06. The molecule has 0 radical (unpaired) electrons. The predicted octanol–water partition coefficient (Wildman–Crippen LogP) is 1.96. The molecule has 11 heavy (non-hydrogen) atoms. The Morgan fingerprint density at radius 3 is 2.36 bits per heavy atom. The Hall–Kier alpha value is -0.800. The van der Waals surface area contributed by atoms with Gasteiger partial charge in [0, 0.05) is 12.4 Å². The monoisotopic (exact) mass is 190 g/mol. The Balaban J connectivity index is 3.09. The van der Waals surface area contributed by atoms with Crippen LogP contribution in [0.3, 0.4) is 0 Å². The maximum atomic E-state index is 10.0. The quantitative estimate of drug-likeness (QED) is 0.725. The molecule has 0 bridgehead atoms. The van der Waals surface area contributed by atoms with E-state index < -0.39 is 0 Å². The van der Waals surface area contributed by atoms with Crippen LogP contribution in [0.25, 0.3) is 0 Å². The number of rotatable bonds is 2. The minimum absolute atomic E-state index is 0.324. The van der Waals surface area contributed by atoms with Gasteiger partial charge in [0.05, 0.1) is 15.7 Å². The Kier molecular flexibility index (Phi) is 2.68. The molecule has 3 nitrogen and oxygen atoms in total. The molecule has 0 aliphatic rings. The number of carbonyl (C=O) groups is 1. The molecule has 0 saturated heterocycles. The summed E-state index contributed by atoms with van der Waals surface area (Å²) in [6.07, 6.45) is 3.31. The summed E-state index contributed by atoms with van der Waals surface area (Å²) in [5, 5.41) is 3.01. The average Bonchev–Trinajstić information content (AvgIpc) is 1.97. The fraction of sp³-hybridized carbons (Fsp3) is 0. The molecule has 0 fully saturated rings. The van der Waals surface area contributed by atoms with E-state index in [9.17, 15) is 4.79 Å².